The van der Waals surface area contributed by atoms with Gasteiger partial charge in [0.15, 0.2) is 6.10 Å². The van der Waals surface area contributed by atoms with Crippen LogP contribution in [0.1, 0.15) is 297 Å². The van der Waals surface area contributed by atoms with Crippen LogP contribution in [0, 0.1) is 0 Å². The summed E-state index contributed by atoms with van der Waals surface area (Å²) in [6.07, 6.45) is 66.8. The van der Waals surface area contributed by atoms with Crippen molar-refractivity contribution in [2.45, 2.75) is 303 Å². The molecule has 0 rings (SSSR count). The van der Waals surface area contributed by atoms with Gasteiger partial charge < -0.3 is 14.2 Å². The molecule has 0 aliphatic carbocycles. The second-order valence-electron chi connectivity index (χ2n) is 19.2. The Morgan fingerprint density at radius 3 is 0.894 bits per heavy atom. The molecule has 0 aliphatic heterocycles. The Kier molecular flexibility index (Phi) is 52.8. The first kappa shape index (κ1) is 63.4. The monoisotopic (exact) mass is 925 g/mol. The number of esters is 3. The molecule has 0 aliphatic rings. The van der Waals surface area contributed by atoms with Gasteiger partial charge in [-0.2, -0.15) is 0 Å². The van der Waals surface area contributed by atoms with Crippen LogP contribution in [0.25, 0.3) is 0 Å². The Bertz CT molecular complexity index is 1150. The summed E-state index contributed by atoms with van der Waals surface area (Å²) < 4.78 is 16.8. The smallest absolute Gasteiger partial charge is 0.306 e. The fourth-order valence-electron chi connectivity index (χ4n) is 8.26. The van der Waals surface area contributed by atoms with Crippen LogP contribution < -0.4 is 0 Å². The van der Waals surface area contributed by atoms with Gasteiger partial charge >= 0.3 is 17.9 Å². The molecule has 0 bridgehead atoms. The van der Waals surface area contributed by atoms with Gasteiger partial charge in [0.1, 0.15) is 13.2 Å². The van der Waals surface area contributed by atoms with Crippen LogP contribution in [0.2, 0.25) is 0 Å². The lowest BCUT2D eigenvalue weighted by molar-refractivity contribution is -0.167. The molecule has 6 heteroatoms. The minimum Gasteiger partial charge on any atom is -0.462 e. The van der Waals surface area contributed by atoms with Gasteiger partial charge in [-0.3, -0.25) is 14.4 Å². The fourth-order valence-corrected chi connectivity index (χ4v) is 8.26. The average Bonchev–Trinajstić information content (AvgIpc) is 3.31. The maximum atomic E-state index is 12.8. The number of carbonyl (C=O) groups excluding carboxylic acids is 3. The number of rotatable bonds is 52. The highest BCUT2D eigenvalue weighted by molar-refractivity contribution is 5.71. The van der Waals surface area contributed by atoms with Crippen molar-refractivity contribution in [3.05, 3.63) is 48.6 Å². The summed E-state index contributed by atoms with van der Waals surface area (Å²) in [7, 11) is 0. The fraction of sp³-hybridized carbons (Fsp3) is 0.817. The van der Waals surface area contributed by atoms with Gasteiger partial charge in [-0.15, -0.1) is 0 Å². The van der Waals surface area contributed by atoms with E-state index in [0.717, 1.165) is 64.2 Å². The Hall–Kier alpha value is -2.63. The first-order valence-corrected chi connectivity index (χ1v) is 28.6. The maximum Gasteiger partial charge on any atom is 0.306 e. The molecular formula is C60H108O6. The molecule has 0 aromatic carbocycles. The number of carbonyl (C=O) groups is 3. The van der Waals surface area contributed by atoms with Crippen molar-refractivity contribution in [1.29, 1.82) is 0 Å². The summed E-state index contributed by atoms with van der Waals surface area (Å²) in [4.78, 5) is 38.1. The number of allylic oxidation sites excluding steroid dienone is 8. The minimum absolute atomic E-state index is 0.0905. The van der Waals surface area contributed by atoms with Crippen molar-refractivity contribution in [1.82, 2.24) is 0 Å². The summed E-state index contributed by atoms with van der Waals surface area (Å²) in [6, 6.07) is 0. The van der Waals surface area contributed by atoms with Crippen molar-refractivity contribution in [2.75, 3.05) is 13.2 Å². The second kappa shape index (κ2) is 55.0. The number of ether oxygens (including phenoxy) is 3. The van der Waals surface area contributed by atoms with Gasteiger partial charge in [0, 0.05) is 19.3 Å². The molecule has 1 atom stereocenters. The first-order chi connectivity index (χ1) is 32.5. The van der Waals surface area contributed by atoms with Crippen molar-refractivity contribution >= 4 is 17.9 Å². The second-order valence-corrected chi connectivity index (χ2v) is 19.2. The lowest BCUT2D eigenvalue weighted by atomic mass is 10.0. The van der Waals surface area contributed by atoms with Crippen LogP contribution in [0.15, 0.2) is 48.6 Å². The van der Waals surface area contributed by atoms with Crippen molar-refractivity contribution in [3.63, 3.8) is 0 Å². The number of unbranched alkanes of at least 4 members (excludes halogenated alkanes) is 33. The molecule has 0 saturated heterocycles. The third kappa shape index (κ3) is 52.3. The topological polar surface area (TPSA) is 78.9 Å². The zero-order chi connectivity index (χ0) is 47.9. The molecule has 0 saturated carbocycles. The summed E-state index contributed by atoms with van der Waals surface area (Å²) in [5, 5.41) is 0. The molecular weight excluding hydrogens is 817 g/mol. The largest absolute Gasteiger partial charge is 0.462 e. The van der Waals surface area contributed by atoms with Crippen LogP contribution in [0.4, 0.5) is 0 Å². The van der Waals surface area contributed by atoms with Gasteiger partial charge in [-0.1, -0.05) is 268 Å². The summed E-state index contributed by atoms with van der Waals surface area (Å²) in [5.74, 6) is -0.931. The van der Waals surface area contributed by atoms with E-state index in [4.69, 9.17) is 14.2 Å². The van der Waals surface area contributed by atoms with E-state index in [1.165, 1.54) is 186 Å². The van der Waals surface area contributed by atoms with Crippen molar-refractivity contribution in [2.24, 2.45) is 0 Å². The molecule has 0 spiro atoms. The third-order valence-corrected chi connectivity index (χ3v) is 12.6. The van der Waals surface area contributed by atoms with Gasteiger partial charge in [0.25, 0.3) is 0 Å². The molecule has 384 valence electrons. The Morgan fingerprint density at radius 1 is 0.303 bits per heavy atom. The van der Waals surface area contributed by atoms with Crippen LogP contribution in [-0.2, 0) is 28.6 Å². The van der Waals surface area contributed by atoms with E-state index in [-0.39, 0.29) is 37.5 Å². The van der Waals surface area contributed by atoms with E-state index in [1.807, 2.05) is 0 Å². The van der Waals surface area contributed by atoms with Crippen LogP contribution in [0.3, 0.4) is 0 Å². The molecule has 6 nitrogen and oxygen atoms in total. The average molecular weight is 926 g/mol. The maximum absolute atomic E-state index is 12.8. The zero-order valence-electron chi connectivity index (χ0n) is 44.0. The van der Waals surface area contributed by atoms with E-state index < -0.39 is 6.10 Å². The Balaban J connectivity index is 4.41. The summed E-state index contributed by atoms with van der Waals surface area (Å²) in [6.45, 7) is 6.60. The highest BCUT2D eigenvalue weighted by atomic mass is 16.6. The Labute approximate surface area is 409 Å². The summed E-state index contributed by atoms with van der Waals surface area (Å²) >= 11 is 0. The molecule has 0 aromatic rings. The highest BCUT2D eigenvalue weighted by Gasteiger charge is 2.19. The van der Waals surface area contributed by atoms with Gasteiger partial charge in [-0.05, 0) is 57.8 Å². The minimum atomic E-state index is -0.797. The van der Waals surface area contributed by atoms with E-state index >= 15 is 0 Å². The van der Waals surface area contributed by atoms with E-state index in [2.05, 4.69) is 69.4 Å². The number of hydrogen-bond acceptors (Lipinski definition) is 6. The van der Waals surface area contributed by atoms with Crippen LogP contribution >= 0.6 is 0 Å². The molecule has 0 heterocycles. The summed E-state index contributed by atoms with van der Waals surface area (Å²) in [5.41, 5.74) is 0. The molecule has 66 heavy (non-hydrogen) atoms. The molecule has 0 amide bonds. The zero-order valence-corrected chi connectivity index (χ0v) is 44.0. The number of hydrogen-bond donors (Lipinski definition) is 0. The standard InChI is InChI=1S/C60H108O6/c1-4-7-10-13-16-19-22-25-27-29-31-32-35-38-41-44-47-50-53-59(62)65-56-57(55-64-58(61)52-49-46-43-40-37-34-24-21-18-15-12-9-6-3)66-60(63)54-51-48-45-42-39-36-33-30-28-26-23-20-17-14-11-8-5-2/h17,20,26,28,33,36,42,45,57H,4-16,18-19,21-25,27,29-32,34-35,37-41,43-44,46-56H2,1-3H3/b20-17-,28-26-,36-33-,45-42-. The normalized spacial score (nSPS) is 12.3. The van der Waals surface area contributed by atoms with Gasteiger partial charge in [0.2, 0.25) is 0 Å². The highest BCUT2D eigenvalue weighted by Crippen LogP contribution is 2.16. The van der Waals surface area contributed by atoms with Crippen molar-refractivity contribution in [3.8, 4) is 0 Å². The lowest BCUT2D eigenvalue weighted by Crippen LogP contribution is -2.30. The predicted molar refractivity (Wildman–Crippen MR) is 284 cm³/mol. The van der Waals surface area contributed by atoms with Crippen LogP contribution in [0.5, 0.6) is 0 Å². The van der Waals surface area contributed by atoms with E-state index in [1.54, 1.807) is 0 Å². The SMILES string of the molecule is CCCCC/C=C\C/C=C\C/C=C\C/C=C\CCCC(=O)OC(COC(=O)CCCCCCCCCCCCCCC)COC(=O)CCCCCCCCCCCCCCCCCCCC. The van der Waals surface area contributed by atoms with E-state index in [9.17, 15) is 14.4 Å². The molecule has 0 fully saturated rings. The molecule has 0 aromatic heterocycles. The molecule has 1 unspecified atom stereocenters. The van der Waals surface area contributed by atoms with Crippen LogP contribution in [-0.4, -0.2) is 37.2 Å². The van der Waals surface area contributed by atoms with Crippen molar-refractivity contribution < 1.29 is 28.6 Å². The Morgan fingerprint density at radius 2 is 0.561 bits per heavy atom. The molecule has 0 N–H and O–H groups in total. The van der Waals surface area contributed by atoms with Gasteiger partial charge in [0.05, 0.1) is 0 Å². The van der Waals surface area contributed by atoms with E-state index in [0.29, 0.717) is 19.3 Å². The van der Waals surface area contributed by atoms with Gasteiger partial charge in [-0.25, -0.2) is 0 Å². The first-order valence-electron chi connectivity index (χ1n) is 28.6. The quantitative estimate of drug-likeness (QED) is 0.0262. The third-order valence-electron chi connectivity index (χ3n) is 12.6. The lowest BCUT2D eigenvalue weighted by Gasteiger charge is -2.18. The molecule has 0 radical (unpaired) electrons. The predicted octanol–water partition coefficient (Wildman–Crippen LogP) is 19.0.